The minimum atomic E-state index is -0.110. The molecule has 1 heterocycles. The van der Waals surface area contributed by atoms with E-state index in [0.29, 0.717) is 6.10 Å². The summed E-state index contributed by atoms with van der Waals surface area (Å²) in [5.41, 5.74) is 7.23. The van der Waals surface area contributed by atoms with E-state index in [2.05, 4.69) is 0 Å². The Balaban J connectivity index is 1.78. The molecule has 0 bridgehead atoms. The van der Waals surface area contributed by atoms with Crippen molar-refractivity contribution in [3.05, 3.63) is 23.8 Å². The van der Waals surface area contributed by atoms with Crippen molar-refractivity contribution in [3.63, 3.8) is 0 Å². The molecule has 1 fully saturated rings. The highest BCUT2D eigenvalue weighted by Gasteiger charge is 2.50. The van der Waals surface area contributed by atoms with Crippen molar-refractivity contribution in [2.24, 2.45) is 5.73 Å². The van der Waals surface area contributed by atoms with Gasteiger partial charge in [-0.25, -0.2) is 0 Å². The Hall–Kier alpha value is -1.26. The van der Waals surface area contributed by atoms with Gasteiger partial charge >= 0.3 is 0 Å². The second-order valence-electron chi connectivity index (χ2n) is 5.49. The van der Waals surface area contributed by atoms with Gasteiger partial charge in [-0.05, 0) is 25.1 Å². The molecule has 0 saturated heterocycles. The predicted molar refractivity (Wildman–Crippen MR) is 72.5 cm³/mol. The van der Waals surface area contributed by atoms with Crippen molar-refractivity contribution >= 4 is 0 Å². The maximum atomic E-state index is 6.30. The van der Waals surface area contributed by atoms with Crippen LogP contribution in [0, 0.1) is 0 Å². The van der Waals surface area contributed by atoms with E-state index in [4.69, 9.17) is 19.9 Å². The van der Waals surface area contributed by atoms with Crippen molar-refractivity contribution in [3.8, 4) is 11.5 Å². The number of ether oxygens (including phenoxy) is 3. The third-order valence-corrected chi connectivity index (χ3v) is 4.14. The number of hydrogen-bond acceptors (Lipinski definition) is 4. The minimum absolute atomic E-state index is 0.0152. The highest BCUT2D eigenvalue weighted by atomic mass is 16.5. The van der Waals surface area contributed by atoms with Gasteiger partial charge in [0.1, 0.15) is 17.1 Å². The molecule has 0 aromatic heterocycles. The fraction of sp³-hybridized carbons (Fsp3) is 0.600. The molecule has 3 rings (SSSR count). The first-order valence-corrected chi connectivity index (χ1v) is 6.90. The summed E-state index contributed by atoms with van der Waals surface area (Å²) in [5.74, 6) is 1.73. The molecule has 19 heavy (non-hydrogen) atoms. The van der Waals surface area contributed by atoms with Crippen molar-refractivity contribution in [1.82, 2.24) is 0 Å². The van der Waals surface area contributed by atoms with Crippen LogP contribution in [0.15, 0.2) is 18.2 Å². The fourth-order valence-electron chi connectivity index (χ4n) is 3.20. The second kappa shape index (κ2) is 4.69. The topological polar surface area (TPSA) is 53.7 Å². The SMILES string of the molecule is CCOC1CC2(C1)C[C@H](N)c1cc(OC)ccc1O2. The maximum Gasteiger partial charge on any atom is 0.125 e. The molecule has 104 valence electrons. The van der Waals surface area contributed by atoms with Gasteiger partial charge < -0.3 is 19.9 Å². The lowest BCUT2D eigenvalue weighted by Crippen LogP contribution is -2.55. The second-order valence-corrected chi connectivity index (χ2v) is 5.49. The van der Waals surface area contributed by atoms with Crippen LogP contribution in [0.25, 0.3) is 0 Å². The molecular formula is C15H21NO3. The largest absolute Gasteiger partial charge is 0.497 e. The monoisotopic (exact) mass is 263 g/mol. The molecule has 0 radical (unpaired) electrons. The zero-order valence-electron chi connectivity index (χ0n) is 11.5. The fourth-order valence-corrected chi connectivity index (χ4v) is 3.20. The quantitative estimate of drug-likeness (QED) is 0.910. The van der Waals surface area contributed by atoms with Gasteiger partial charge in [0.05, 0.1) is 13.2 Å². The van der Waals surface area contributed by atoms with Gasteiger partial charge in [-0.3, -0.25) is 0 Å². The summed E-state index contributed by atoms with van der Waals surface area (Å²) in [6, 6.07) is 5.87. The Morgan fingerprint density at radius 1 is 1.37 bits per heavy atom. The third-order valence-electron chi connectivity index (χ3n) is 4.14. The normalized spacial score (nSPS) is 32.4. The highest BCUT2D eigenvalue weighted by molar-refractivity contribution is 5.44. The first kappa shape index (κ1) is 12.8. The number of fused-ring (bicyclic) bond motifs is 1. The average molecular weight is 263 g/mol. The van der Waals surface area contributed by atoms with E-state index in [1.54, 1.807) is 7.11 Å². The van der Waals surface area contributed by atoms with Crippen LogP contribution in [-0.2, 0) is 4.74 Å². The van der Waals surface area contributed by atoms with E-state index < -0.39 is 0 Å². The van der Waals surface area contributed by atoms with Crippen LogP contribution >= 0.6 is 0 Å². The molecule has 1 aliphatic carbocycles. The van der Waals surface area contributed by atoms with E-state index in [0.717, 1.165) is 42.9 Å². The van der Waals surface area contributed by atoms with E-state index >= 15 is 0 Å². The lowest BCUT2D eigenvalue weighted by atomic mass is 9.71. The van der Waals surface area contributed by atoms with Crippen LogP contribution in [0.2, 0.25) is 0 Å². The lowest BCUT2D eigenvalue weighted by Gasteiger charge is -2.50. The molecule has 1 aromatic carbocycles. The van der Waals surface area contributed by atoms with Crippen LogP contribution in [0.3, 0.4) is 0 Å². The minimum Gasteiger partial charge on any atom is -0.497 e. The van der Waals surface area contributed by atoms with E-state index in [9.17, 15) is 0 Å². The van der Waals surface area contributed by atoms with E-state index in [-0.39, 0.29) is 11.6 Å². The predicted octanol–water partition coefficient (Wildman–Crippen LogP) is 2.42. The molecule has 4 heteroatoms. The number of hydrogen-bond donors (Lipinski definition) is 1. The number of nitrogens with two attached hydrogens (primary N) is 1. The van der Waals surface area contributed by atoms with Crippen molar-refractivity contribution in [2.75, 3.05) is 13.7 Å². The zero-order valence-corrected chi connectivity index (χ0v) is 11.5. The molecule has 4 nitrogen and oxygen atoms in total. The zero-order chi connectivity index (χ0) is 13.5. The molecule has 0 amide bonds. The summed E-state index contributed by atoms with van der Waals surface area (Å²) in [7, 11) is 1.66. The molecule has 1 aromatic rings. The van der Waals surface area contributed by atoms with Crippen molar-refractivity contribution in [2.45, 2.75) is 43.9 Å². The first-order valence-electron chi connectivity index (χ1n) is 6.90. The standard InChI is InChI=1S/C15H21NO3/c1-3-18-11-7-15(8-11)9-13(16)12-6-10(17-2)4-5-14(12)19-15/h4-6,11,13H,3,7-9,16H2,1-2H3/t11?,13-,15?/m0/s1. The van der Waals surface area contributed by atoms with Crippen LogP contribution in [0.5, 0.6) is 11.5 Å². The van der Waals surface area contributed by atoms with Gasteiger partial charge in [0.25, 0.3) is 0 Å². The van der Waals surface area contributed by atoms with Crippen molar-refractivity contribution in [1.29, 1.82) is 0 Å². The van der Waals surface area contributed by atoms with Crippen molar-refractivity contribution < 1.29 is 14.2 Å². The molecule has 1 aliphatic heterocycles. The Kier molecular flexibility index (Phi) is 3.15. The Bertz CT molecular complexity index is 468. The number of benzene rings is 1. The third kappa shape index (κ3) is 2.19. The summed E-state index contributed by atoms with van der Waals surface area (Å²) in [5, 5.41) is 0. The molecule has 1 spiro atoms. The van der Waals surface area contributed by atoms with Gasteiger partial charge in [-0.15, -0.1) is 0 Å². The van der Waals surface area contributed by atoms with Crippen LogP contribution < -0.4 is 15.2 Å². The number of rotatable bonds is 3. The molecule has 2 aliphatic rings. The summed E-state index contributed by atoms with van der Waals surface area (Å²) in [4.78, 5) is 0. The highest BCUT2D eigenvalue weighted by Crippen LogP contribution is 2.49. The molecule has 1 atom stereocenters. The van der Waals surface area contributed by atoms with Gasteiger partial charge in [0.15, 0.2) is 0 Å². The number of methoxy groups -OCH3 is 1. The molecule has 0 unspecified atom stereocenters. The summed E-state index contributed by atoms with van der Waals surface area (Å²) < 4.78 is 17.0. The average Bonchev–Trinajstić information content (AvgIpc) is 2.37. The maximum absolute atomic E-state index is 6.30. The van der Waals surface area contributed by atoms with E-state index in [1.807, 2.05) is 25.1 Å². The summed E-state index contributed by atoms with van der Waals surface area (Å²) in [6.45, 7) is 2.79. The Morgan fingerprint density at radius 3 is 2.84 bits per heavy atom. The summed E-state index contributed by atoms with van der Waals surface area (Å²) in [6.07, 6.45) is 3.08. The van der Waals surface area contributed by atoms with Gasteiger partial charge in [-0.1, -0.05) is 0 Å². The molecule has 1 saturated carbocycles. The van der Waals surface area contributed by atoms with Gasteiger partial charge in [-0.2, -0.15) is 0 Å². The first-order chi connectivity index (χ1) is 9.15. The van der Waals surface area contributed by atoms with Gasteiger partial charge in [0.2, 0.25) is 0 Å². The lowest BCUT2D eigenvalue weighted by molar-refractivity contribution is -0.134. The Morgan fingerprint density at radius 2 is 2.16 bits per heavy atom. The molecular weight excluding hydrogens is 242 g/mol. The Labute approximate surface area is 113 Å². The smallest absolute Gasteiger partial charge is 0.125 e. The molecule has 2 N–H and O–H groups in total. The van der Waals surface area contributed by atoms with Gasteiger partial charge in [0, 0.05) is 37.5 Å². The van der Waals surface area contributed by atoms with Crippen LogP contribution in [0.4, 0.5) is 0 Å². The van der Waals surface area contributed by atoms with E-state index in [1.165, 1.54) is 0 Å². The van der Waals surface area contributed by atoms with Crippen LogP contribution in [-0.4, -0.2) is 25.4 Å². The van der Waals surface area contributed by atoms with Crippen LogP contribution in [0.1, 0.15) is 37.8 Å². The summed E-state index contributed by atoms with van der Waals surface area (Å²) >= 11 is 0.